The SMILES string of the molecule is CC(NC(=O)c1ccn(COc2c(Cl)cccc2Cl)n1)C1CC2CCC1C2. The van der Waals surface area contributed by atoms with E-state index in [1.807, 2.05) is 0 Å². The molecule has 27 heavy (non-hydrogen) atoms. The van der Waals surface area contributed by atoms with Gasteiger partial charge in [0, 0.05) is 12.2 Å². The van der Waals surface area contributed by atoms with Gasteiger partial charge < -0.3 is 10.1 Å². The Hall–Kier alpha value is -1.72. The zero-order chi connectivity index (χ0) is 19.0. The van der Waals surface area contributed by atoms with Gasteiger partial charge in [-0.3, -0.25) is 4.79 Å². The van der Waals surface area contributed by atoms with Crippen LogP contribution >= 0.6 is 23.2 Å². The summed E-state index contributed by atoms with van der Waals surface area (Å²) in [5.74, 6) is 2.51. The van der Waals surface area contributed by atoms with Crippen LogP contribution in [0.2, 0.25) is 10.0 Å². The van der Waals surface area contributed by atoms with Gasteiger partial charge in [0.15, 0.2) is 12.5 Å². The summed E-state index contributed by atoms with van der Waals surface area (Å²) < 4.78 is 7.20. The average molecular weight is 408 g/mol. The van der Waals surface area contributed by atoms with E-state index in [9.17, 15) is 4.79 Å². The highest BCUT2D eigenvalue weighted by molar-refractivity contribution is 6.37. The molecule has 1 amide bonds. The molecule has 0 saturated heterocycles. The van der Waals surface area contributed by atoms with Crippen LogP contribution in [0.3, 0.4) is 0 Å². The Morgan fingerprint density at radius 3 is 2.74 bits per heavy atom. The minimum absolute atomic E-state index is 0.124. The van der Waals surface area contributed by atoms with Gasteiger partial charge in [0.25, 0.3) is 5.91 Å². The predicted octanol–water partition coefficient (Wildman–Crippen LogP) is 4.78. The number of halogens is 2. The average Bonchev–Trinajstić information content (AvgIpc) is 3.38. The number of carbonyl (C=O) groups is 1. The van der Waals surface area contributed by atoms with Crippen molar-refractivity contribution in [1.82, 2.24) is 15.1 Å². The minimum Gasteiger partial charge on any atom is -0.468 e. The van der Waals surface area contributed by atoms with Crippen LogP contribution in [0.1, 0.15) is 43.1 Å². The molecule has 1 aromatic heterocycles. The first-order valence-electron chi connectivity index (χ1n) is 9.42. The number of para-hydroxylation sites is 1. The fraction of sp³-hybridized carbons (Fsp3) is 0.500. The van der Waals surface area contributed by atoms with Crippen molar-refractivity contribution in [2.45, 2.75) is 45.4 Å². The molecule has 2 aliphatic rings. The van der Waals surface area contributed by atoms with Crippen LogP contribution < -0.4 is 10.1 Å². The van der Waals surface area contributed by atoms with Crippen molar-refractivity contribution in [3.63, 3.8) is 0 Å². The summed E-state index contributed by atoms with van der Waals surface area (Å²) in [6.45, 7) is 2.24. The van der Waals surface area contributed by atoms with Gasteiger partial charge in [0.05, 0.1) is 10.0 Å². The number of amides is 1. The highest BCUT2D eigenvalue weighted by Crippen LogP contribution is 2.49. The Morgan fingerprint density at radius 2 is 2.07 bits per heavy atom. The maximum atomic E-state index is 12.5. The molecule has 2 aromatic rings. The van der Waals surface area contributed by atoms with Gasteiger partial charge in [-0.25, -0.2) is 4.68 Å². The molecule has 1 heterocycles. The van der Waals surface area contributed by atoms with E-state index in [1.54, 1.807) is 35.1 Å². The van der Waals surface area contributed by atoms with Gasteiger partial charge in [-0.2, -0.15) is 5.10 Å². The number of nitrogens with zero attached hydrogens (tertiary/aromatic N) is 2. The molecule has 2 saturated carbocycles. The number of rotatable bonds is 6. The number of ether oxygens (including phenoxy) is 1. The largest absolute Gasteiger partial charge is 0.468 e. The molecule has 5 nitrogen and oxygen atoms in total. The number of aromatic nitrogens is 2. The maximum absolute atomic E-state index is 12.5. The Bertz CT molecular complexity index is 818. The quantitative estimate of drug-likeness (QED) is 0.749. The van der Waals surface area contributed by atoms with Crippen molar-refractivity contribution < 1.29 is 9.53 Å². The van der Waals surface area contributed by atoms with E-state index < -0.39 is 0 Å². The number of fused-ring (bicyclic) bond motifs is 2. The smallest absolute Gasteiger partial charge is 0.271 e. The molecule has 4 unspecified atom stereocenters. The first-order chi connectivity index (χ1) is 13.0. The summed E-state index contributed by atoms with van der Waals surface area (Å²) in [4.78, 5) is 12.5. The van der Waals surface area contributed by atoms with E-state index in [1.165, 1.54) is 25.7 Å². The maximum Gasteiger partial charge on any atom is 0.271 e. The lowest BCUT2D eigenvalue weighted by atomic mass is 9.84. The molecule has 2 aliphatic carbocycles. The molecule has 4 atom stereocenters. The second-order valence-electron chi connectivity index (χ2n) is 7.67. The van der Waals surface area contributed by atoms with Crippen LogP contribution in [-0.4, -0.2) is 21.7 Å². The lowest BCUT2D eigenvalue weighted by Crippen LogP contribution is -2.40. The number of nitrogens with one attached hydrogen (secondary N) is 1. The third kappa shape index (κ3) is 3.94. The van der Waals surface area contributed by atoms with Crippen molar-refractivity contribution in [3.05, 3.63) is 46.2 Å². The summed E-state index contributed by atoms with van der Waals surface area (Å²) in [6.07, 6.45) is 6.96. The van der Waals surface area contributed by atoms with Crippen LogP contribution in [0, 0.1) is 17.8 Å². The number of carbonyl (C=O) groups excluding carboxylic acids is 1. The van der Waals surface area contributed by atoms with E-state index in [2.05, 4.69) is 17.3 Å². The second-order valence-corrected chi connectivity index (χ2v) is 8.48. The molecule has 4 rings (SSSR count). The molecule has 144 valence electrons. The molecule has 0 spiro atoms. The lowest BCUT2D eigenvalue weighted by molar-refractivity contribution is 0.0908. The zero-order valence-corrected chi connectivity index (χ0v) is 16.7. The highest BCUT2D eigenvalue weighted by atomic mass is 35.5. The molecule has 0 aliphatic heterocycles. The Morgan fingerprint density at radius 1 is 1.30 bits per heavy atom. The predicted molar refractivity (Wildman–Crippen MR) is 105 cm³/mol. The first-order valence-corrected chi connectivity index (χ1v) is 10.2. The number of hydrogen-bond acceptors (Lipinski definition) is 3. The lowest BCUT2D eigenvalue weighted by Gasteiger charge is -2.28. The molecule has 2 bridgehead atoms. The fourth-order valence-electron chi connectivity index (χ4n) is 4.60. The summed E-state index contributed by atoms with van der Waals surface area (Å²) in [7, 11) is 0. The topological polar surface area (TPSA) is 56.2 Å². The minimum atomic E-state index is -0.139. The van der Waals surface area contributed by atoms with Gasteiger partial charge in [-0.05, 0) is 62.1 Å². The van der Waals surface area contributed by atoms with Crippen molar-refractivity contribution in [2.24, 2.45) is 17.8 Å². The third-order valence-corrected chi connectivity index (χ3v) is 6.52. The standard InChI is InChI=1S/C20H23Cl2N3O2/c1-12(15-10-13-5-6-14(15)9-13)23-20(26)18-7-8-25(24-18)11-27-19-16(21)3-2-4-17(19)22/h2-4,7-8,12-15H,5-6,9-11H2,1H3,(H,23,26). The van der Waals surface area contributed by atoms with E-state index in [0.29, 0.717) is 27.4 Å². The fourth-order valence-corrected chi connectivity index (χ4v) is 5.11. The van der Waals surface area contributed by atoms with Gasteiger partial charge in [-0.1, -0.05) is 35.7 Å². The van der Waals surface area contributed by atoms with E-state index in [-0.39, 0.29) is 18.7 Å². The Balaban J connectivity index is 1.34. The van der Waals surface area contributed by atoms with Gasteiger partial charge in [-0.15, -0.1) is 0 Å². The van der Waals surface area contributed by atoms with Crippen LogP contribution in [0.15, 0.2) is 30.5 Å². The summed E-state index contributed by atoms with van der Waals surface area (Å²) >= 11 is 12.2. The van der Waals surface area contributed by atoms with Crippen molar-refractivity contribution in [2.75, 3.05) is 0 Å². The molecule has 0 radical (unpaired) electrons. The van der Waals surface area contributed by atoms with Crippen molar-refractivity contribution in [3.8, 4) is 5.75 Å². The van der Waals surface area contributed by atoms with Crippen LogP contribution in [0.4, 0.5) is 0 Å². The first kappa shape index (κ1) is 18.6. The molecule has 2 fully saturated rings. The van der Waals surface area contributed by atoms with Gasteiger partial charge in [0.2, 0.25) is 0 Å². The normalized spacial score (nSPS) is 24.8. The summed E-state index contributed by atoms with van der Waals surface area (Å²) in [6, 6.07) is 7.05. The molecular weight excluding hydrogens is 385 g/mol. The monoisotopic (exact) mass is 407 g/mol. The van der Waals surface area contributed by atoms with E-state index in [4.69, 9.17) is 27.9 Å². The van der Waals surface area contributed by atoms with Gasteiger partial charge in [0.1, 0.15) is 5.69 Å². The van der Waals surface area contributed by atoms with E-state index >= 15 is 0 Å². The summed E-state index contributed by atoms with van der Waals surface area (Å²) in [5.41, 5.74) is 0.388. The second kappa shape index (κ2) is 7.72. The number of benzene rings is 1. The molecule has 1 N–H and O–H groups in total. The van der Waals surface area contributed by atoms with Crippen LogP contribution in [0.25, 0.3) is 0 Å². The zero-order valence-electron chi connectivity index (χ0n) is 15.2. The van der Waals surface area contributed by atoms with Gasteiger partial charge >= 0.3 is 0 Å². The van der Waals surface area contributed by atoms with Crippen molar-refractivity contribution >= 4 is 29.1 Å². The van der Waals surface area contributed by atoms with Crippen molar-refractivity contribution in [1.29, 1.82) is 0 Å². The van der Waals surface area contributed by atoms with E-state index in [0.717, 1.165) is 11.8 Å². The Labute approximate surface area is 169 Å². The van der Waals surface area contributed by atoms with Crippen LogP contribution in [0.5, 0.6) is 5.75 Å². The molecule has 7 heteroatoms. The van der Waals surface area contributed by atoms with Crippen LogP contribution in [-0.2, 0) is 6.73 Å². The molecular formula is C20H23Cl2N3O2. The highest BCUT2D eigenvalue weighted by Gasteiger charge is 2.42. The molecule has 1 aromatic carbocycles. The number of hydrogen-bond donors (Lipinski definition) is 1. The Kier molecular flexibility index (Phi) is 5.33. The third-order valence-electron chi connectivity index (χ3n) is 5.93. The summed E-state index contributed by atoms with van der Waals surface area (Å²) in [5, 5.41) is 8.31.